The largest absolute Gasteiger partial charge is 0.468 e. The molecule has 1 rings (SSSR count). The number of rotatable bonds is 3. The molecule has 0 fully saturated rings. The van der Waals surface area contributed by atoms with Crippen molar-refractivity contribution in [3.05, 3.63) is 24.0 Å². The number of nitrogens with one attached hydrogen (secondary N) is 1. The highest BCUT2D eigenvalue weighted by Crippen LogP contribution is 1.98. The van der Waals surface area contributed by atoms with E-state index in [0.717, 1.165) is 0 Å². The Labute approximate surface area is 81.7 Å². The first-order valence-electron chi connectivity index (χ1n) is 4.11. The molecule has 0 atom stereocenters. The summed E-state index contributed by atoms with van der Waals surface area (Å²) in [5.41, 5.74) is 0.508. The molecule has 1 aromatic heterocycles. The Balaban J connectivity index is 2.52. The Hall–Kier alpha value is -1.78. The lowest BCUT2D eigenvalue weighted by Crippen LogP contribution is -2.31. The normalized spacial score (nSPS) is 9.57. The van der Waals surface area contributed by atoms with Crippen LogP contribution >= 0.6 is 0 Å². The highest BCUT2D eigenvalue weighted by Gasteiger charge is 2.09. The van der Waals surface area contributed by atoms with Crippen LogP contribution in [-0.2, 0) is 16.6 Å². The molecular formula is C9H12N2O3. The number of methoxy groups -OCH3 is 1. The van der Waals surface area contributed by atoms with Crippen molar-refractivity contribution >= 4 is 11.9 Å². The average molecular weight is 196 g/mol. The number of ether oxygens (including phenoxy) is 1. The van der Waals surface area contributed by atoms with E-state index in [0.29, 0.717) is 5.69 Å². The van der Waals surface area contributed by atoms with Gasteiger partial charge in [0.25, 0.3) is 5.91 Å². The van der Waals surface area contributed by atoms with Crippen LogP contribution in [0.4, 0.5) is 0 Å². The maximum absolute atomic E-state index is 11.4. The van der Waals surface area contributed by atoms with Gasteiger partial charge in [0.05, 0.1) is 7.11 Å². The third kappa shape index (κ3) is 2.35. The Kier molecular flexibility index (Phi) is 3.28. The smallest absolute Gasteiger partial charge is 0.325 e. The highest BCUT2D eigenvalue weighted by molar-refractivity contribution is 5.94. The monoisotopic (exact) mass is 196 g/mol. The molecule has 0 spiro atoms. The van der Waals surface area contributed by atoms with Crippen molar-refractivity contribution in [3.8, 4) is 0 Å². The van der Waals surface area contributed by atoms with E-state index in [9.17, 15) is 9.59 Å². The van der Waals surface area contributed by atoms with Crippen LogP contribution in [0.25, 0.3) is 0 Å². The first kappa shape index (κ1) is 10.3. The summed E-state index contributed by atoms with van der Waals surface area (Å²) in [5, 5.41) is 2.44. The van der Waals surface area contributed by atoms with Crippen LogP contribution in [-0.4, -0.2) is 30.1 Å². The zero-order valence-corrected chi connectivity index (χ0v) is 8.11. The van der Waals surface area contributed by atoms with Crippen molar-refractivity contribution in [2.24, 2.45) is 7.05 Å². The van der Waals surface area contributed by atoms with Crippen LogP contribution in [0.15, 0.2) is 18.3 Å². The van der Waals surface area contributed by atoms with Gasteiger partial charge in [-0.3, -0.25) is 9.59 Å². The lowest BCUT2D eigenvalue weighted by Gasteiger charge is -2.04. The summed E-state index contributed by atoms with van der Waals surface area (Å²) < 4.78 is 6.06. The van der Waals surface area contributed by atoms with Crippen molar-refractivity contribution in [1.29, 1.82) is 0 Å². The minimum absolute atomic E-state index is 0.111. The van der Waals surface area contributed by atoms with Crippen LogP contribution in [0.1, 0.15) is 10.5 Å². The molecule has 0 saturated carbocycles. The van der Waals surface area contributed by atoms with Crippen molar-refractivity contribution in [1.82, 2.24) is 9.88 Å². The van der Waals surface area contributed by atoms with E-state index in [4.69, 9.17) is 0 Å². The topological polar surface area (TPSA) is 60.3 Å². The molecule has 0 aliphatic heterocycles. The van der Waals surface area contributed by atoms with Crippen molar-refractivity contribution < 1.29 is 14.3 Å². The van der Waals surface area contributed by atoms with E-state index < -0.39 is 5.97 Å². The molecule has 0 saturated heterocycles. The second kappa shape index (κ2) is 4.45. The van der Waals surface area contributed by atoms with Gasteiger partial charge in [0, 0.05) is 13.2 Å². The van der Waals surface area contributed by atoms with Crippen molar-refractivity contribution in [2.75, 3.05) is 13.7 Å². The molecule has 1 amide bonds. The maximum atomic E-state index is 11.4. The number of hydrogen-bond acceptors (Lipinski definition) is 3. The third-order valence-corrected chi connectivity index (χ3v) is 1.80. The zero-order chi connectivity index (χ0) is 10.6. The standard InChI is InChI=1S/C9H12N2O3/c1-11-5-3-4-7(11)9(13)10-6-8(12)14-2/h3-5H,6H2,1-2H3,(H,10,13). The molecular weight excluding hydrogens is 184 g/mol. The number of nitrogens with zero attached hydrogens (tertiary/aromatic N) is 1. The Bertz CT molecular complexity index is 344. The van der Waals surface area contributed by atoms with E-state index in [1.54, 1.807) is 29.9 Å². The van der Waals surface area contributed by atoms with Crippen LogP contribution in [0.5, 0.6) is 0 Å². The van der Waals surface area contributed by atoms with E-state index in [1.807, 2.05) is 0 Å². The SMILES string of the molecule is COC(=O)CNC(=O)c1cccn1C. The van der Waals surface area contributed by atoms with Crippen LogP contribution in [0.3, 0.4) is 0 Å². The minimum atomic E-state index is -0.465. The second-order valence-corrected chi connectivity index (χ2v) is 2.76. The molecule has 5 nitrogen and oxygen atoms in total. The quantitative estimate of drug-likeness (QED) is 0.688. The Morgan fingerprint density at radius 3 is 2.79 bits per heavy atom. The lowest BCUT2D eigenvalue weighted by molar-refractivity contribution is -0.139. The molecule has 5 heteroatoms. The van der Waals surface area contributed by atoms with Crippen molar-refractivity contribution in [3.63, 3.8) is 0 Å². The van der Waals surface area contributed by atoms with E-state index in [1.165, 1.54) is 7.11 Å². The summed E-state index contributed by atoms with van der Waals surface area (Å²) in [6, 6.07) is 3.43. The molecule has 0 aliphatic carbocycles. The first-order chi connectivity index (χ1) is 6.65. The van der Waals surface area contributed by atoms with E-state index in [-0.39, 0.29) is 12.5 Å². The predicted octanol–water partition coefficient (Wildman–Crippen LogP) is -0.0721. The Morgan fingerprint density at radius 1 is 1.57 bits per heavy atom. The summed E-state index contributed by atoms with van der Waals surface area (Å²) >= 11 is 0. The number of carbonyl (C=O) groups is 2. The van der Waals surface area contributed by atoms with Crippen LogP contribution in [0, 0.1) is 0 Å². The molecule has 0 unspecified atom stereocenters. The number of carbonyl (C=O) groups excluding carboxylic acids is 2. The fraction of sp³-hybridized carbons (Fsp3) is 0.333. The maximum Gasteiger partial charge on any atom is 0.325 e. The van der Waals surface area contributed by atoms with Gasteiger partial charge in [-0.1, -0.05) is 0 Å². The zero-order valence-electron chi connectivity index (χ0n) is 8.11. The molecule has 0 radical (unpaired) electrons. The summed E-state index contributed by atoms with van der Waals surface area (Å²) in [4.78, 5) is 22.1. The van der Waals surface area contributed by atoms with Crippen molar-refractivity contribution in [2.45, 2.75) is 0 Å². The van der Waals surface area contributed by atoms with Crippen LogP contribution in [0.2, 0.25) is 0 Å². The third-order valence-electron chi connectivity index (χ3n) is 1.80. The molecule has 1 heterocycles. The number of aromatic nitrogens is 1. The number of esters is 1. The van der Waals surface area contributed by atoms with Gasteiger partial charge in [0.2, 0.25) is 0 Å². The highest BCUT2D eigenvalue weighted by atomic mass is 16.5. The van der Waals surface area contributed by atoms with E-state index in [2.05, 4.69) is 10.1 Å². The summed E-state index contributed by atoms with van der Waals surface area (Å²) in [6.45, 7) is -0.111. The van der Waals surface area contributed by atoms with Gasteiger partial charge in [0.1, 0.15) is 12.2 Å². The molecule has 0 aliphatic rings. The van der Waals surface area contributed by atoms with E-state index >= 15 is 0 Å². The number of aryl methyl sites for hydroxylation is 1. The van der Waals surface area contributed by atoms with Crippen LogP contribution < -0.4 is 5.32 Å². The van der Waals surface area contributed by atoms with Gasteiger partial charge in [-0.15, -0.1) is 0 Å². The number of amides is 1. The second-order valence-electron chi connectivity index (χ2n) is 2.76. The first-order valence-corrected chi connectivity index (χ1v) is 4.11. The minimum Gasteiger partial charge on any atom is -0.468 e. The molecule has 0 bridgehead atoms. The van der Waals surface area contributed by atoms with Gasteiger partial charge >= 0.3 is 5.97 Å². The fourth-order valence-corrected chi connectivity index (χ4v) is 1.01. The molecule has 76 valence electrons. The van der Waals surface area contributed by atoms with Gasteiger partial charge in [-0.25, -0.2) is 0 Å². The molecule has 0 aromatic carbocycles. The molecule has 1 aromatic rings. The molecule has 14 heavy (non-hydrogen) atoms. The fourth-order valence-electron chi connectivity index (χ4n) is 1.01. The predicted molar refractivity (Wildman–Crippen MR) is 49.8 cm³/mol. The van der Waals surface area contributed by atoms with Gasteiger partial charge in [-0.05, 0) is 12.1 Å². The Morgan fingerprint density at radius 2 is 2.29 bits per heavy atom. The van der Waals surface area contributed by atoms with Gasteiger partial charge in [-0.2, -0.15) is 0 Å². The summed E-state index contributed by atoms with van der Waals surface area (Å²) in [5.74, 6) is -0.754. The van der Waals surface area contributed by atoms with Gasteiger partial charge in [0.15, 0.2) is 0 Å². The summed E-state index contributed by atoms with van der Waals surface area (Å²) in [7, 11) is 3.03. The summed E-state index contributed by atoms with van der Waals surface area (Å²) in [6.07, 6.45) is 1.76. The average Bonchev–Trinajstić information content (AvgIpc) is 2.60. The van der Waals surface area contributed by atoms with Gasteiger partial charge < -0.3 is 14.6 Å². The molecule has 1 N–H and O–H groups in total. The number of hydrogen-bond donors (Lipinski definition) is 1. The lowest BCUT2D eigenvalue weighted by atomic mass is 10.4.